The molecule has 0 saturated carbocycles. The zero-order valence-electron chi connectivity index (χ0n) is 11.4. The second-order valence-electron chi connectivity index (χ2n) is 4.02. The summed E-state index contributed by atoms with van der Waals surface area (Å²) in [6, 6.07) is 7.13. The van der Waals surface area contributed by atoms with Crippen molar-refractivity contribution in [1.29, 1.82) is 0 Å². The van der Waals surface area contributed by atoms with Crippen LogP contribution in [-0.2, 0) is 4.74 Å². The minimum atomic E-state index is -0.811. The number of benzene rings is 1. The molecule has 1 atom stereocenters. The summed E-state index contributed by atoms with van der Waals surface area (Å²) in [5, 5.41) is 12.6. The highest BCUT2D eigenvalue weighted by Crippen LogP contribution is 2.18. The summed E-state index contributed by atoms with van der Waals surface area (Å²) in [7, 11) is 1.58. The molecule has 0 saturated heterocycles. The van der Waals surface area contributed by atoms with Crippen LogP contribution in [0.2, 0.25) is 0 Å². The summed E-state index contributed by atoms with van der Waals surface area (Å²) in [4.78, 5) is 10.3. The van der Waals surface area contributed by atoms with Gasteiger partial charge in [-0.15, -0.1) is 0 Å². The van der Waals surface area contributed by atoms with Crippen LogP contribution in [0.15, 0.2) is 24.3 Å². The largest absolute Gasteiger partial charge is 0.497 e. The Kier molecular flexibility index (Phi) is 7.23. The smallest absolute Gasteiger partial charge is 0.404 e. The Hall–Kier alpha value is -1.99. The molecule has 0 aromatic heterocycles. The lowest BCUT2D eigenvalue weighted by atomic mass is 10.3. The van der Waals surface area contributed by atoms with Crippen molar-refractivity contribution in [3.8, 4) is 11.5 Å². The minimum Gasteiger partial charge on any atom is -0.497 e. The second kappa shape index (κ2) is 9.00. The molecule has 7 heteroatoms. The lowest BCUT2D eigenvalue weighted by Gasteiger charge is -2.13. The van der Waals surface area contributed by atoms with E-state index in [9.17, 15) is 9.90 Å². The molecule has 7 nitrogen and oxygen atoms in total. The molecule has 20 heavy (non-hydrogen) atoms. The Bertz CT molecular complexity index is 414. The van der Waals surface area contributed by atoms with Crippen molar-refractivity contribution in [2.45, 2.75) is 6.10 Å². The van der Waals surface area contributed by atoms with Gasteiger partial charge in [0.05, 0.1) is 7.11 Å². The summed E-state index contributed by atoms with van der Waals surface area (Å²) in [6.45, 7) is 1.06. The number of aliphatic hydroxyl groups excluding tert-OH is 1. The van der Waals surface area contributed by atoms with Gasteiger partial charge in [-0.1, -0.05) is 6.07 Å². The van der Waals surface area contributed by atoms with E-state index in [0.717, 1.165) is 0 Å². The third-order valence-electron chi connectivity index (χ3n) is 2.39. The molecule has 1 aromatic carbocycles. The molecule has 112 valence electrons. The molecule has 1 rings (SSSR count). The number of hydrogen-bond donors (Lipinski definition) is 3. The molecule has 4 N–H and O–H groups in total. The van der Waals surface area contributed by atoms with Gasteiger partial charge in [0, 0.05) is 19.2 Å². The van der Waals surface area contributed by atoms with Crippen molar-refractivity contribution in [3.63, 3.8) is 0 Å². The van der Waals surface area contributed by atoms with Crippen LogP contribution in [0.25, 0.3) is 0 Å². The Labute approximate surface area is 117 Å². The third kappa shape index (κ3) is 6.81. The topological polar surface area (TPSA) is 103 Å². The fourth-order valence-electron chi connectivity index (χ4n) is 1.43. The molecule has 1 aromatic rings. The normalized spacial score (nSPS) is 11.7. The second-order valence-corrected chi connectivity index (χ2v) is 4.02. The summed E-state index contributed by atoms with van der Waals surface area (Å²) < 4.78 is 15.0. The number of ether oxygens (including phenoxy) is 3. The number of rotatable bonds is 9. The minimum absolute atomic E-state index is 0.150. The van der Waals surface area contributed by atoms with E-state index >= 15 is 0 Å². The van der Waals surface area contributed by atoms with Crippen LogP contribution in [0.4, 0.5) is 4.79 Å². The van der Waals surface area contributed by atoms with E-state index in [4.69, 9.17) is 15.2 Å². The summed E-state index contributed by atoms with van der Waals surface area (Å²) in [6.07, 6.45) is -1.48. The van der Waals surface area contributed by atoms with Crippen molar-refractivity contribution in [2.75, 3.05) is 33.4 Å². The van der Waals surface area contributed by atoms with Crippen molar-refractivity contribution in [1.82, 2.24) is 5.32 Å². The van der Waals surface area contributed by atoms with E-state index in [0.29, 0.717) is 24.6 Å². The van der Waals surface area contributed by atoms with E-state index in [-0.39, 0.29) is 13.2 Å². The van der Waals surface area contributed by atoms with Crippen LogP contribution in [0.3, 0.4) is 0 Å². The number of nitrogens with two attached hydrogens (primary N) is 1. The average Bonchev–Trinajstić information content (AvgIpc) is 2.44. The predicted molar refractivity (Wildman–Crippen MR) is 72.9 cm³/mol. The number of primary amides is 1. The van der Waals surface area contributed by atoms with Crippen LogP contribution < -0.4 is 20.5 Å². The van der Waals surface area contributed by atoms with Gasteiger partial charge in [-0.25, -0.2) is 4.79 Å². The Morgan fingerprint density at radius 1 is 1.45 bits per heavy atom. The first-order valence-electron chi connectivity index (χ1n) is 6.19. The monoisotopic (exact) mass is 284 g/mol. The van der Waals surface area contributed by atoms with Gasteiger partial charge in [-0.05, 0) is 12.1 Å². The molecular weight excluding hydrogens is 264 g/mol. The van der Waals surface area contributed by atoms with Crippen molar-refractivity contribution < 1.29 is 24.1 Å². The van der Waals surface area contributed by atoms with E-state index in [2.05, 4.69) is 10.1 Å². The highest BCUT2D eigenvalue weighted by Gasteiger charge is 2.05. The molecule has 0 aliphatic heterocycles. The van der Waals surface area contributed by atoms with E-state index in [1.54, 1.807) is 25.3 Å². The lowest BCUT2D eigenvalue weighted by Crippen LogP contribution is -2.33. The van der Waals surface area contributed by atoms with Gasteiger partial charge in [-0.3, -0.25) is 0 Å². The first-order valence-corrected chi connectivity index (χ1v) is 6.19. The van der Waals surface area contributed by atoms with E-state index < -0.39 is 12.2 Å². The molecule has 1 amide bonds. The number of amides is 1. The number of methoxy groups -OCH3 is 1. The standard InChI is InChI=1S/C13H20N2O5/c1-18-11-3-2-4-12(7-11)20-9-10(16)8-15-5-6-19-13(14)17/h2-4,7,10,15-16H,5-6,8-9H2,1H3,(H2,14,17). The zero-order valence-corrected chi connectivity index (χ0v) is 11.4. The highest BCUT2D eigenvalue weighted by molar-refractivity contribution is 5.64. The molecule has 0 fully saturated rings. The van der Waals surface area contributed by atoms with E-state index in [1.807, 2.05) is 6.07 Å². The fraction of sp³-hybridized carbons (Fsp3) is 0.462. The zero-order chi connectivity index (χ0) is 14.8. The number of nitrogens with one attached hydrogen (secondary N) is 1. The van der Waals surface area contributed by atoms with Gasteiger partial charge < -0.3 is 30.4 Å². The lowest BCUT2D eigenvalue weighted by molar-refractivity contribution is 0.103. The van der Waals surface area contributed by atoms with Crippen LogP contribution in [0, 0.1) is 0 Å². The van der Waals surface area contributed by atoms with Crippen LogP contribution in [0.5, 0.6) is 11.5 Å². The Morgan fingerprint density at radius 2 is 2.20 bits per heavy atom. The van der Waals surface area contributed by atoms with Gasteiger partial charge in [0.1, 0.15) is 30.8 Å². The van der Waals surface area contributed by atoms with Gasteiger partial charge >= 0.3 is 6.09 Å². The molecule has 0 bridgehead atoms. The van der Waals surface area contributed by atoms with Crippen molar-refractivity contribution >= 4 is 6.09 Å². The molecule has 0 radical (unpaired) electrons. The molecular formula is C13H20N2O5. The fourth-order valence-corrected chi connectivity index (χ4v) is 1.43. The molecule has 0 aliphatic carbocycles. The van der Waals surface area contributed by atoms with Crippen LogP contribution >= 0.6 is 0 Å². The van der Waals surface area contributed by atoms with Crippen molar-refractivity contribution in [3.05, 3.63) is 24.3 Å². The number of carbonyl (C=O) groups is 1. The maximum absolute atomic E-state index is 10.3. The number of hydrogen-bond acceptors (Lipinski definition) is 6. The van der Waals surface area contributed by atoms with Gasteiger partial charge in [-0.2, -0.15) is 0 Å². The van der Waals surface area contributed by atoms with Crippen LogP contribution in [-0.4, -0.2) is 50.7 Å². The average molecular weight is 284 g/mol. The number of carbonyl (C=O) groups excluding carboxylic acids is 1. The molecule has 1 unspecified atom stereocenters. The van der Waals surface area contributed by atoms with Crippen LogP contribution in [0.1, 0.15) is 0 Å². The summed E-state index contributed by atoms with van der Waals surface area (Å²) in [5.41, 5.74) is 4.80. The highest BCUT2D eigenvalue weighted by atomic mass is 16.5. The number of aliphatic hydroxyl groups is 1. The van der Waals surface area contributed by atoms with Gasteiger partial charge in [0.25, 0.3) is 0 Å². The maximum atomic E-state index is 10.3. The Balaban J connectivity index is 2.15. The molecule has 0 aliphatic rings. The Morgan fingerprint density at radius 3 is 2.90 bits per heavy atom. The van der Waals surface area contributed by atoms with Gasteiger partial charge in [0.2, 0.25) is 0 Å². The SMILES string of the molecule is COc1cccc(OCC(O)CNCCOC(N)=O)c1. The molecule has 0 heterocycles. The van der Waals surface area contributed by atoms with E-state index in [1.165, 1.54) is 0 Å². The maximum Gasteiger partial charge on any atom is 0.404 e. The molecule has 0 spiro atoms. The first kappa shape index (κ1) is 16.1. The van der Waals surface area contributed by atoms with Crippen molar-refractivity contribution in [2.24, 2.45) is 5.73 Å². The first-order chi connectivity index (χ1) is 9.61. The summed E-state index contributed by atoms with van der Waals surface area (Å²) >= 11 is 0. The quantitative estimate of drug-likeness (QED) is 0.557. The summed E-state index contributed by atoms with van der Waals surface area (Å²) in [5.74, 6) is 1.32. The predicted octanol–water partition coefficient (Wildman–Crippen LogP) is 0.120. The third-order valence-corrected chi connectivity index (χ3v) is 2.39. The van der Waals surface area contributed by atoms with Gasteiger partial charge in [0.15, 0.2) is 0 Å².